The summed E-state index contributed by atoms with van der Waals surface area (Å²) in [5.74, 6) is -0.429. The third kappa shape index (κ3) is 10.2. The van der Waals surface area contributed by atoms with E-state index >= 15 is 0 Å². The number of carbonyl (C=O) groups is 1. The van der Waals surface area contributed by atoms with Crippen LogP contribution in [0.3, 0.4) is 0 Å². The molecule has 1 atom stereocenters. The molecule has 0 aliphatic carbocycles. The minimum atomic E-state index is -4.89. The van der Waals surface area contributed by atoms with Gasteiger partial charge >= 0.3 is 6.36 Å². The lowest BCUT2D eigenvalue weighted by Gasteiger charge is -2.17. The molecule has 2 rings (SSSR count). The lowest BCUT2D eigenvalue weighted by Crippen LogP contribution is -2.15. The number of allylic oxidation sites excluding steroid dienone is 3. The van der Waals surface area contributed by atoms with E-state index in [1.165, 1.54) is 12.1 Å². The second-order valence-electron chi connectivity index (χ2n) is 6.99. The van der Waals surface area contributed by atoms with E-state index < -0.39 is 22.9 Å². The predicted molar refractivity (Wildman–Crippen MR) is 143 cm³/mol. The normalized spacial score (nSPS) is 12.9. The van der Waals surface area contributed by atoms with Gasteiger partial charge in [-0.15, -0.1) is 37.9 Å². The van der Waals surface area contributed by atoms with Crippen molar-refractivity contribution in [3.8, 4) is 0 Å². The quantitative estimate of drug-likeness (QED) is 0.139. The summed E-state index contributed by atoms with van der Waals surface area (Å²) in [5.41, 5.74) is 1.58. The zero-order chi connectivity index (χ0) is 27.3. The topological polar surface area (TPSA) is 55.4 Å². The van der Waals surface area contributed by atoms with Gasteiger partial charge in [-0.25, -0.2) is 0 Å². The second kappa shape index (κ2) is 15.5. The fourth-order valence-corrected chi connectivity index (χ4v) is 4.27. The first-order chi connectivity index (χ1) is 17.1. The van der Waals surface area contributed by atoms with E-state index in [4.69, 9.17) is 23.2 Å². The summed E-state index contributed by atoms with van der Waals surface area (Å²) < 4.78 is 54.6. The Morgan fingerprint density at radius 1 is 1.11 bits per heavy atom. The SMILES string of the molecule is C=C.CC/C=C(\C(=C/CCl)OC(F)(F)F)c1ccc(NC(=O)Cc2ccc(S(=O)CC)cc2)cc1Cl. The lowest BCUT2D eigenvalue weighted by atomic mass is 10.0. The van der Waals surface area contributed by atoms with Crippen LogP contribution in [0.1, 0.15) is 31.4 Å². The molecule has 1 amide bonds. The first-order valence-corrected chi connectivity index (χ1v) is 13.1. The molecule has 2 aromatic carbocycles. The highest BCUT2D eigenvalue weighted by atomic mass is 35.5. The molecule has 0 saturated heterocycles. The van der Waals surface area contributed by atoms with Crippen LogP contribution in [0.25, 0.3) is 5.57 Å². The van der Waals surface area contributed by atoms with Gasteiger partial charge < -0.3 is 10.1 Å². The minimum absolute atomic E-state index is 0.0848. The Hall–Kier alpha value is -2.55. The number of amides is 1. The molecule has 0 aromatic heterocycles. The molecule has 0 fully saturated rings. The summed E-state index contributed by atoms with van der Waals surface area (Å²) in [7, 11) is -1.07. The standard InChI is InChI=1S/C24H24Cl2F3NO3S.C2H4/c1-3-5-20(22(12-13-25)33-24(27,28)29)19-11-8-17(15-21(19)26)30-23(31)14-16-6-9-18(10-7-16)34(32)4-2;1-2/h5-12,15H,3-4,13-14H2,1-2H3,(H,30,31);1-2H2/b20-5-,22-12+;. The van der Waals surface area contributed by atoms with Gasteiger partial charge in [-0.1, -0.05) is 49.7 Å². The van der Waals surface area contributed by atoms with E-state index in [2.05, 4.69) is 23.2 Å². The number of halogens is 5. The van der Waals surface area contributed by atoms with Crippen molar-refractivity contribution in [3.63, 3.8) is 0 Å². The molecule has 1 N–H and O–H groups in total. The number of ether oxygens (including phenoxy) is 1. The van der Waals surface area contributed by atoms with Crippen LogP contribution >= 0.6 is 23.2 Å². The van der Waals surface area contributed by atoms with E-state index in [9.17, 15) is 22.2 Å². The van der Waals surface area contributed by atoms with Crippen molar-refractivity contribution < 1.29 is 26.9 Å². The number of benzene rings is 2. The zero-order valence-corrected chi connectivity index (χ0v) is 22.3. The van der Waals surface area contributed by atoms with Crippen LogP contribution in [0.15, 0.2) is 78.4 Å². The van der Waals surface area contributed by atoms with Gasteiger partial charge in [0.05, 0.1) is 22.2 Å². The van der Waals surface area contributed by atoms with Crippen molar-refractivity contribution in [2.45, 2.75) is 37.9 Å². The molecule has 1 unspecified atom stereocenters. The van der Waals surface area contributed by atoms with Crippen molar-refractivity contribution in [2.75, 3.05) is 16.9 Å². The van der Waals surface area contributed by atoms with Crippen molar-refractivity contribution in [3.05, 3.63) is 89.7 Å². The average Bonchev–Trinajstić information content (AvgIpc) is 2.83. The summed E-state index contributed by atoms with van der Waals surface area (Å²) in [6, 6.07) is 11.4. The molecule has 2 aromatic rings. The van der Waals surface area contributed by atoms with Crippen LogP contribution in [0.2, 0.25) is 5.02 Å². The Labute approximate surface area is 222 Å². The Morgan fingerprint density at radius 3 is 2.25 bits per heavy atom. The van der Waals surface area contributed by atoms with Gasteiger partial charge in [0, 0.05) is 33.4 Å². The highest BCUT2D eigenvalue weighted by Crippen LogP contribution is 2.35. The molecule has 0 heterocycles. The van der Waals surface area contributed by atoms with Crippen molar-refractivity contribution in [2.24, 2.45) is 0 Å². The molecular weight excluding hydrogens is 534 g/mol. The van der Waals surface area contributed by atoms with Crippen LogP contribution in [-0.2, 0) is 26.8 Å². The highest BCUT2D eigenvalue weighted by Gasteiger charge is 2.33. The summed E-state index contributed by atoms with van der Waals surface area (Å²) >= 11 is 12.0. The van der Waals surface area contributed by atoms with Gasteiger partial charge in [-0.2, -0.15) is 0 Å². The van der Waals surface area contributed by atoms with Crippen LogP contribution in [0.5, 0.6) is 0 Å². The summed E-state index contributed by atoms with van der Waals surface area (Å²) in [5, 5.41) is 2.86. The van der Waals surface area contributed by atoms with Crippen LogP contribution < -0.4 is 5.32 Å². The fraction of sp³-hybridized carbons (Fsp3) is 0.269. The number of carbonyl (C=O) groups excluding carboxylic acids is 1. The molecule has 0 aliphatic heterocycles. The van der Waals surface area contributed by atoms with Gasteiger partial charge in [-0.05, 0) is 42.3 Å². The predicted octanol–water partition coefficient (Wildman–Crippen LogP) is 7.90. The number of nitrogens with one attached hydrogen (secondary N) is 1. The minimum Gasteiger partial charge on any atom is -0.405 e. The van der Waals surface area contributed by atoms with E-state index in [0.717, 1.165) is 11.6 Å². The van der Waals surface area contributed by atoms with Crippen molar-refractivity contribution in [1.29, 1.82) is 0 Å². The van der Waals surface area contributed by atoms with Crippen LogP contribution in [-0.4, -0.2) is 28.1 Å². The maximum Gasteiger partial charge on any atom is 0.573 e. The summed E-state index contributed by atoms with van der Waals surface area (Å²) in [6.45, 7) is 9.59. The highest BCUT2D eigenvalue weighted by molar-refractivity contribution is 7.85. The molecule has 196 valence electrons. The Kier molecular flexibility index (Phi) is 13.6. The Morgan fingerprint density at radius 2 is 1.75 bits per heavy atom. The van der Waals surface area contributed by atoms with Crippen molar-refractivity contribution in [1.82, 2.24) is 0 Å². The Balaban J connectivity index is 0.00000316. The number of hydrogen-bond donors (Lipinski definition) is 1. The number of rotatable bonds is 10. The molecule has 4 nitrogen and oxygen atoms in total. The molecule has 36 heavy (non-hydrogen) atoms. The van der Waals surface area contributed by atoms with Gasteiger partial charge in [0.2, 0.25) is 5.91 Å². The van der Waals surface area contributed by atoms with E-state index in [1.54, 1.807) is 43.3 Å². The first-order valence-electron chi connectivity index (χ1n) is 10.9. The largest absolute Gasteiger partial charge is 0.573 e. The third-order valence-corrected chi connectivity index (χ3v) is 6.31. The van der Waals surface area contributed by atoms with E-state index in [-0.39, 0.29) is 28.8 Å². The molecule has 0 radical (unpaired) electrons. The zero-order valence-electron chi connectivity index (χ0n) is 20.0. The smallest absolute Gasteiger partial charge is 0.405 e. The van der Waals surface area contributed by atoms with Crippen molar-refractivity contribution >= 4 is 51.2 Å². The van der Waals surface area contributed by atoms with Gasteiger partial charge in [0.15, 0.2) is 0 Å². The average molecular weight is 562 g/mol. The third-order valence-electron chi connectivity index (χ3n) is 4.52. The number of anilines is 1. The summed E-state index contributed by atoms with van der Waals surface area (Å²) in [6.07, 6.45) is -1.71. The molecule has 10 heteroatoms. The monoisotopic (exact) mass is 561 g/mol. The molecular formula is C26H28Cl2F3NO3S. The molecule has 0 bridgehead atoms. The molecule has 0 spiro atoms. The number of alkyl halides is 4. The van der Waals surface area contributed by atoms with E-state index in [1.807, 2.05) is 6.92 Å². The van der Waals surface area contributed by atoms with Crippen LogP contribution in [0.4, 0.5) is 18.9 Å². The number of hydrogen-bond acceptors (Lipinski definition) is 3. The molecule has 0 aliphatic rings. The second-order valence-corrected chi connectivity index (χ2v) is 9.45. The van der Waals surface area contributed by atoms with Gasteiger partial charge in [-0.3, -0.25) is 9.00 Å². The first kappa shape index (κ1) is 31.5. The lowest BCUT2D eigenvalue weighted by molar-refractivity contribution is -0.302. The fourth-order valence-electron chi connectivity index (χ4n) is 3.08. The van der Waals surface area contributed by atoms with Crippen LogP contribution in [0, 0.1) is 0 Å². The maximum atomic E-state index is 12.9. The maximum absolute atomic E-state index is 12.9. The molecule has 0 saturated carbocycles. The van der Waals surface area contributed by atoms with Gasteiger partial charge in [0.1, 0.15) is 5.76 Å². The Bertz CT molecular complexity index is 1100. The summed E-state index contributed by atoms with van der Waals surface area (Å²) in [4.78, 5) is 13.1. The van der Waals surface area contributed by atoms with Gasteiger partial charge in [0.25, 0.3) is 0 Å². The van der Waals surface area contributed by atoms with E-state index in [0.29, 0.717) is 28.3 Å².